The van der Waals surface area contributed by atoms with E-state index in [1.54, 1.807) is 24.4 Å². The maximum atomic E-state index is 13.3. The lowest BCUT2D eigenvalue weighted by atomic mass is 10.2. The van der Waals surface area contributed by atoms with Crippen LogP contribution >= 0.6 is 0 Å². The Morgan fingerprint density at radius 1 is 1.06 bits per heavy atom. The molecule has 0 radical (unpaired) electrons. The van der Waals surface area contributed by atoms with E-state index < -0.39 is 0 Å². The van der Waals surface area contributed by atoms with Gasteiger partial charge >= 0.3 is 0 Å². The number of halogens is 2. The highest BCUT2D eigenvalue weighted by molar-refractivity contribution is 5.17. The van der Waals surface area contributed by atoms with Gasteiger partial charge in [0, 0.05) is 24.8 Å². The van der Waals surface area contributed by atoms with Crippen molar-refractivity contribution in [2.75, 3.05) is 0 Å². The topological polar surface area (TPSA) is 24.9 Å². The molecule has 0 saturated carbocycles. The van der Waals surface area contributed by atoms with Crippen molar-refractivity contribution in [1.82, 2.24) is 10.3 Å². The zero-order chi connectivity index (χ0) is 12.1. The second kappa shape index (κ2) is 5.50. The summed E-state index contributed by atoms with van der Waals surface area (Å²) in [5, 5.41) is 3.04. The molecule has 0 bridgehead atoms. The van der Waals surface area contributed by atoms with Gasteiger partial charge in [-0.3, -0.25) is 4.98 Å². The molecule has 2 rings (SSSR count). The molecule has 0 aliphatic heterocycles. The van der Waals surface area contributed by atoms with Crippen LogP contribution in [0.2, 0.25) is 0 Å². The molecule has 0 aliphatic carbocycles. The van der Waals surface area contributed by atoms with Crippen LogP contribution in [0.4, 0.5) is 8.78 Å². The molecule has 0 atom stereocenters. The molecule has 0 saturated heterocycles. The number of nitrogens with zero attached hydrogens (tertiary/aromatic N) is 1. The molecule has 0 spiro atoms. The van der Waals surface area contributed by atoms with Crippen LogP contribution in [-0.2, 0) is 13.1 Å². The summed E-state index contributed by atoms with van der Waals surface area (Å²) >= 11 is 0. The fourth-order valence-electron chi connectivity index (χ4n) is 1.54. The Kier molecular flexibility index (Phi) is 3.77. The van der Waals surface area contributed by atoms with Crippen LogP contribution in [0.3, 0.4) is 0 Å². The number of nitrogens with one attached hydrogen (secondary N) is 1. The average Bonchev–Trinajstić information content (AvgIpc) is 2.32. The standard InChI is InChI=1S/C13H12F2N2/c14-12-5-10(7-17-9-12)6-16-8-11-3-1-2-4-13(11)15/h1-5,7,9,16H,6,8H2. The van der Waals surface area contributed by atoms with Crippen LogP contribution in [0.1, 0.15) is 11.1 Å². The maximum Gasteiger partial charge on any atom is 0.141 e. The second-order valence-corrected chi connectivity index (χ2v) is 3.71. The van der Waals surface area contributed by atoms with Gasteiger partial charge in [-0.1, -0.05) is 18.2 Å². The zero-order valence-corrected chi connectivity index (χ0v) is 9.16. The number of hydrogen-bond donors (Lipinski definition) is 1. The number of hydrogen-bond acceptors (Lipinski definition) is 2. The SMILES string of the molecule is Fc1cncc(CNCc2ccccc2F)c1. The highest BCUT2D eigenvalue weighted by Gasteiger charge is 2.00. The van der Waals surface area contributed by atoms with Gasteiger partial charge in [-0.25, -0.2) is 8.78 Å². The van der Waals surface area contributed by atoms with Crippen LogP contribution in [0.5, 0.6) is 0 Å². The molecule has 1 aromatic carbocycles. The van der Waals surface area contributed by atoms with E-state index in [2.05, 4.69) is 10.3 Å². The fraction of sp³-hybridized carbons (Fsp3) is 0.154. The summed E-state index contributed by atoms with van der Waals surface area (Å²) in [6.07, 6.45) is 2.73. The smallest absolute Gasteiger partial charge is 0.141 e. The van der Waals surface area contributed by atoms with Crippen molar-refractivity contribution in [3.05, 3.63) is 65.5 Å². The molecule has 1 aromatic heterocycles. The van der Waals surface area contributed by atoms with Gasteiger partial charge in [-0.15, -0.1) is 0 Å². The number of rotatable bonds is 4. The molecule has 17 heavy (non-hydrogen) atoms. The molecule has 88 valence electrons. The van der Waals surface area contributed by atoms with E-state index in [0.29, 0.717) is 18.7 Å². The van der Waals surface area contributed by atoms with Crippen molar-refractivity contribution in [3.8, 4) is 0 Å². The molecular weight excluding hydrogens is 222 g/mol. The Labute approximate surface area is 98.3 Å². The van der Waals surface area contributed by atoms with Gasteiger partial charge in [0.05, 0.1) is 6.20 Å². The highest BCUT2D eigenvalue weighted by atomic mass is 19.1. The number of benzene rings is 1. The molecule has 1 heterocycles. The fourth-order valence-corrected chi connectivity index (χ4v) is 1.54. The van der Waals surface area contributed by atoms with E-state index in [-0.39, 0.29) is 11.6 Å². The van der Waals surface area contributed by atoms with E-state index in [4.69, 9.17) is 0 Å². The van der Waals surface area contributed by atoms with Crippen molar-refractivity contribution in [1.29, 1.82) is 0 Å². The van der Waals surface area contributed by atoms with Crippen molar-refractivity contribution in [2.45, 2.75) is 13.1 Å². The van der Waals surface area contributed by atoms with Gasteiger partial charge < -0.3 is 5.32 Å². The van der Waals surface area contributed by atoms with Crippen LogP contribution in [0.25, 0.3) is 0 Å². The lowest BCUT2D eigenvalue weighted by Gasteiger charge is -2.05. The van der Waals surface area contributed by atoms with Crippen LogP contribution in [0, 0.1) is 11.6 Å². The molecule has 1 N–H and O–H groups in total. The summed E-state index contributed by atoms with van der Waals surface area (Å²) in [7, 11) is 0. The van der Waals surface area contributed by atoms with Crippen molar-refractivity contribution in [2.24, 2.45) is 0 Å². The first-order chi connectivity index (χ1) is 8.25. The molecule has 0 amide bonds. The van der Waals surface area contributed by atoms with E-state index >= 15 is 0 Å². The first-order valence-electron chi connectivity index (χ1n) is 5.29. The summed E-state index contributed by atoms with van der Waals surface area (Å²) in [4.78, 5) is 3.74. The Morgan fingerprint density at radius 3 is 2.65 bits per heavy atom. The second-order valence-electron chi connectivity index (χ2n) is 3.71. The van der Waals surface area contributed by atoms with E-state index in [1.807, 2.05) is 0 Å². The quantitative estimate of drug-likeness (QED) is 0.879. The van der Waals surface area contributed by atoms with Crippen LogP contribution < -0.4 is 5.32 Å². The van der Waals surface area contributed by atoms with Crippen molar-refractivity contribution in [3.63, 3.8) is 0 Å². The van der Waals surface area contributed by atoms with Gasteiger partial charge in [0.2, 0.25) is 0 Å². The molecule has 2 aromatic rings. The lowest BCUT2D eigenvalue weighted by Crippen LogP contribution is -2.13. The maximum absolute atomic E-state index is 13.3. The number of pyridine rings is 1. The van der Waals surface area contributed by atoms with Crippen molar-refractivity contribution >= 4 is 0 Å². The molecule has 0 aliphatic rings. The van der Waals surface area contributed by atoms with Gasteiger partial charge in [0.15, 0.2) is 0 Å². The largest absolute Gasteiger partial charge is 0.308 e. The monoisotopic (exact) mass is 234 g/mol. The number of aromatic nitrogens is 1. The molecular formula is C13H12F2N2. The van der Waals surface area contributed by atoms with Crippen LogP contribution in [-0.4, -0.2) is 4.98 Å². The van der Waals surface area contributed by atoms with Gasteiger partial charge in [0.25, 0.3) is 0 Å². The van der Waals surface area contributed by atoms with E-state index in [1.165, 1.54) is 12.1 Å². The van der Waals surface area contributed by atoms with Crippen molar-refractivity contribution < 1.29 is 8.78 Å². The molecule has 0 unspecified atom stereocenters. The third-order valence-corrected chi connectivity index (χ3v) is 2.36. The van der Waals surface area contributed by atoms with E-state index in [0.717, 1.165) is 11.8 Å². The predicted octanol–water partition coefficient (Wildman–Crippen LogP) is 2.65. The summed E-state index contributed by atoms with van der Waals surface area (Å²) in [6, 6.07) is 7.97. The van der Waals surface area contributed by atoms with Gasteiger partial charge in [0.1, 0.15) is 11.6 Å². The summed E-state index contributed by atoms with van der Waals surface area (Å²) in [5.41, 5.74) is 1.33. The molecule has 2 nitrogen and oxygen atoms in total. The zero-order valence-electron chi connectivity index (χ0n) is 9.16. The minimum atomic E-state index is -0.366. The molecule has 4 heteroatoms. The Bertz CT molecular complexity index is 500. The Balaban J connectivity index is 1.90. The summed E-state index contributed by atoms with van der Waals surface area (Å²) in [6.45, 7) is 0.863. The average molecular weight is 234 g/mol. The molecule has 0 fully saturated rings. The van der Waals surface area contributed by atoms with Crippen LogP contribution in [0.15, 0.2) is 42.7 Å². The van der Waals surface area contributed by atoms with Gasteiger partial charge in [-0.2, -0.15) is 0 Å². The third kappa shape index (κ3) is 3.32. The summed E-state index contributed by atoms with van der Waals surface area (Å²) in [5.74, 6) is -0.604. The predicted molar refractivity (Wildman–Crippen MR) is 61.1 cm³/mol. The first-order valence-corrected chi connectivity index (χ1v) is 5.29. The van der Waals surface area contributed by atoms with Gasteiger partial charge in [-0.05, 0) is 17.7 Å². The Hall–Kier alpha value is -1.81. The lowest BCUT2D eigenvalue weighted by molar-refractivity contribution is 0.584. The minimum absolute atomic E-state index is 0.239. The highest BCUT2D eigenvalue weighted by Crippen LogP contribution is 2.06. The summed E-state index contributed by atoms with van der Waals surface area (Å²) < 4.78 is 26.1. The Morgan fingerprint density at radius 2 is 1.88 bits per heavy atom. The first kappa shape index (κ1) is 11.7. The third-order valence-electron chi connectivity index (χ3n) is 2.36. The normalized spacial score (nSPS) is 10.5. The van der Waals surface area contributed by atoms with E-state index in [9.17, 15) is 8.78 Å². The minimum Gasteiger partial charge on any atom is -0.308 e.